The molecule has 0 radical (unpaired) electrons. The summed E-state index contributed by atoms with van der Waals surface area (Å²) in [7, 11) is 1.55. The maximum atomic E-state index is 13.1. The van der Waals surface area contributed by atoms with Crippen LogP contribution in [0, 0.1) is 0 Å². The molecule has 0 bridgehead atoms. The van der Waals surface area contributed by atoms with Crippen molar-refractivity contribution in [2.75, 3.05) is 12.0 Å². The van der Waals surface area contributed by atoms with Crippen LogP contribution in [0.1, 0.15) is 28.3 Å². The third-order valence-electron chi connectivity index (χ3n) is 7.18. The van der Waals surface area contributed by atoms with Crippen LogP contribution in [0.5, 0.6) is 23.0 Å². The van der Waals surface area contributed by atoms with Crippen LogP contribution in [-0.2, 0) is 17.9 Å². The average Bonchev–Trinajstić information content (AvgIpc) is 3.08. The summed E-state index contributed by atoms with van der Waals surface area (Å²) in [6, 6.07) is 38.6. The first kappa shape index (κ1) is 30.5. The van der Waals surface area contributed by atoms with Gasteiger partial charge in [-0.05, 0) is 77.4 Å². The van der Waals surface area contributed by atoms with Crippen molar-refractivity contribution < 1.29 is 24.2 Å². The third-order valence-corrected chi connectivity index (χ3v) is 7.18. The summed E-state index contributed by atoms with van der Waals surface area (Å²) < 4.78 is 17.7. The fraction of sp³-hybridized carbons (Fsp3) is 0.111. The number of hydrogen-bond donors (Lipinski definition) is 3. The second-order valence-corrected chi connectivity index (χ2v) is 10.2. The van der Waals surface area contributed by atoms with Crippen molar-refractivity contribution in [2.24, 2.45) is 16.6 Å². The molecule has 1 amide bonds. The van der Waals surface area contributed by atoms with Gasteiger partial charge in [-0.1, -0.05) is 71.9 Å². The van der Waals surface area contributed by atoms with Crippen LogP contribution < -0.4 is 30.6 Å². The summed E-state index contributed by atoms with van der Waals surface area (Å²) in [5.41, 5.74) is 15.6. The molecule has 5 rings (SSSR count). The van der Waals surface area contributed by atoms with E-state index >= 15 is 0 Å². The highest BCUT2D eigenvalue weighted by Gasteiger charge is 2.28. The number of carbonyl (C=O) groups is 1. The van der Waals surface area contributed by atoms with Gasteiger partial charge in [-0.3, -0.25) is 4.79 Å². The smallest absolute Gasteiger partial charge is 0.244 e. The van der Waals surface area contributed by atoms with Gasteiger partial charge in [0.1, 0.15) is 24.1 Å². The average molecular weight is 603 g/mol. The van der Waals surface area contributed by atoms with E-state index in [0.29, 0.717) is 35.8 Å². The van der Waals surface area contributed by atoms with Crippen molar-refractivity contribution in [1.29, 1.82) is 0 Å². The Balaban J connectivity index is 1.38. The summed E-state index contributed by atoms with van der Waals surface area (Å²) in [5, 5.41) is 12.1. The molecule has 0 heterocycles. The van der Waals surface area contributed by atoms with E-state index in [1.165, 1.54) is 0 Å². The number of amidine groups is 1. The zero-order chi connectivity index (χ0) is 31.6. The number of anilines is 1. The summed E-state index contributed by atoms with van der Waals surface area (Å²) in [6.45, 7) is 0.690. The molecule has 9 heteroatoms. The van der Waals surface area contributed by atoms with E-state index in [9.17, 15) is 4.79 Å². The van der Waals surface area contributed by atoms with E-state index in [2.05, 4.69) is 5.16 Å². The standard InChI is InChI=1S/C36H34N4O5/c1-43-33-22-28(16-21-32(33)44-24-26-12-19-31(20-13-26)45-30-10-6-3-7-11-30)34(36(38)41)40(23-25-8-4-2-5-9-25)29-17-14-27(15-18-29)35(37)39-42/h2-22,34,42H,23-24H2,1H3,(H2,37,39)(H2,38,41). The Kier molecular flexibility index (Phi) is 9.81. The van der Waals surface area contributed by atoms with E-state index < -0.39 is 11.9 Å². The van der Waals surface area contributed by atoms with Crippen LogP contribution >= 0.6 is 0 Å². The minimum Gasteiger partial charge on any atom is -0.493 e. The molecule has 1 atom stereocenters. The Morgan fingerprint density at radius 3 is 2.04 bits per heavy atom. The van der Waals surface area contributed by atoms with Gasteiger partial charge >= 0.3 is 0 Å². The van der Waals surface area contributed by atoms with Crippen molar-refractivity contribution in [3.05, 3.63) is 150 Å². The molecule has 228 valence electrons. The highest BCUT2D eigenvalue weighted by atomic mass is 16.5. The Bertz CT molecular complexity index is 1730. The number of benzene rings is 5. The largest absolute Gasteiger partial charge is 0.493 e. The van der Waals surface area contributed by atoms with Crippen LogP contribution in [-0.4, -0.2) is 24.1 Å². The molecule has 9 nitrogen and oxygen atoms in total. The van der Waals surface area contributed by atoms with E-state index in [4.69, 9.17) is 30.9 Å². The Labute approximate surface area is 261 Å². The van der Waals surface area contributed by atoms with E-state index in [1.807, 2.05) is 95.9 Å². The molecule has 5 N–H and O–H groups in total. The van der Waals surface area contributed by atoms with E-state index in [0.717, 1.165) is 28.3 Å². The molecule has 0 spiro atoms. The molecule has 5 aromatic rings. The molecule has 0 aliphatic carbocycles. The van der Waals surface area contributed by atoms with Crippen LogP contribution in [0.4, 0.5) is 5.69 Å². The van der Waals surface area contributed by atoms with Crippen molar-refractivity contribution in [1.82, 2.24) is 0 Å². The maximum Gasteiger partial charge on any atom is 0.244 e. The quantitative estimate of drug-likeness (QED) is 0.0615. The van der Waals surface area contributed by atoms with E-state index in [1.54, 1.807) is 43.5 Å². The number of carbonyl (C=O) groups excluding carboxylic acids is 1. The number of amides is 1. The van der Waals surface area contributed by atoms with Crippen LogP contribution in [0.3, 0.4) is 0 Å². The van der Waals surface area contributed by atoms with Gasteiger partial charge in [-0.25, -0.2) is 0 Å². The number of nitrogens with two attached hydrogens (primary N) is 2. The SMILES string of the molecule is COc1cc(C(C(N)=O)N(Cc2ccccc2)c2ccc(/C(N)=N/O)cc2)ccc1OCc1ccc(Oc2ccccc2)cc1. The minimum absolute atomic E-state index is 0.0144. The molecule has 0 aromatic heterocycles. The summed E-state index contributed by atoms with van der Waals surface area (Å²) in [4.78, 5) is 15.0. The van der Waals surface area contributed by atoms with Gasteiger partial charge < -0.3 is 35.8 Å². The lowest BCUT2D eigenvalue weighted by atomic mass is 10.0. The first-order valence-electron chi connectivity index (χ1n) is 14.3. The fourth-order valence-electron chi connectivity index (χ4n) is 4.90. The molecule has 45 heavy (non-hydrogen) atoms. The normalized spacial score (nSPS) is 11.8. The molecule has 5 aromatic carbocycles. The van der Waals surface area contributed by atoms with Crippen molar-refractivity contribution in [3.8, 4) is 23.0 Å². The zero-order valence-electron chi connectivity index (χ0n) is 24.7. The molecular weight excluding hydrogens is 568 g/mol. The topological polar surface area (TPSA) is 133 Å². The van der Waals surface area contributed by atoms with Crippen LogP contribution in [0.25, 0.3) is 0 Å². The third kappa shape index (κ3) is 7.71. The number of para-hydroxylation sites is 1. The molecule has 0 aliphatic heterocycles. The Morgan fingerprint density at radius 1 is 0.778 bits per heavy atom. The zero-order valence-corrected chi connectivity index (χ0v) is 24.7. The number of methoxy groups -OCH3 is 1. The second kappa shape index (κ2) is 14.5. The molecule has 0 saturated heterocycles. The number of oxime groups is 1. The molecule has 0 saturated carbocycles. The van der Waals surface area contributed by atoms with Gasteiger partial charge in [0.2, 0.25) is 5.91 Å². The summed E-state index contributed by atoms with van der Waals surface area (Å²) in [6.07, 6.45) is 0. The molecular formula is C36H34N4O5. The van der Waals surface area contributed by atoms with Gasteiger partial charge in [0.05, 0.1) is 7.11 Å². The van der Waals surface area contributed by atoms with Gasteiger partial charge in [-0.15, -0.1) is 0 Å². The van der Waals surface area contributed by atoms with Crippen molar-refractivity contribution in [2.45, 2.75) is 19.2 Å². The minimum atomic E-state index is -0.847. The molecule has 0 aliphatic rings. The van der Waals surface area contributed by atoms with Gasteiger partial charge in [0, 0.05) is 17.8 Å². The highest BCUT2D eigenvalue weighted by Crippen LogP contribution is 2.35. The number of hydrogen-bond acceptors (Lipinski definition) is 7. The van der Waals surface area contributed by atoms with Gasteiger partial charge in [0.25, 0.3) is 0 Å². The van der Waals surface area contributed by atoms with Crippen LogP contribution in [0.15, 0.2) is 133 Å². The molecule has 0 fully saturated rings. The summed E-state index contributed by atoms with van der Waals surface area (Å²) in [5.74, 6) is 1.92. The van der Waals surface area contributed by atoms with E-state index in [-0.39, 0.29) is 5.84 Å². The second-order valence-electron chi connectivity index (χ2n) is 10.2. The fourth-order valence-corrected chi connectivity index (χ4v) is 4.90. The van der Waals surface area contributed by atoms with Crippen molar-refractivity contribution >= 4 is 17.4 Å². The monoisotopic (exact) mass is 602 g/mol. The maximum absolute atomic E-state index is 13.1. The summed E-state index contributed by atoms with van der Waals surface area (Å²) >= 11 is 0. The lowest BCUT2D eigenvalue weighted by Crippen LogP contribution is -2.37. The predicted molar refractivity (Wildman–Crippen MR) is 174 cm³/mol. The lowest BCUT2D eigenvalue weighted by molar-refractivity contribution is -0.119. The first-order valence-corrected chi connectivity index (χ1v) is 14.3. The number of rotatable bonds is 13. The number of nitrogens with zero attached hydrogens (tertiary/aromatic N) is 2. The first-order chi connectivity index (χ1) is 21.9. The lowest BCUT2D eigenvalue weighted by Gasteiger charge is -2.32. The number of ether oxygens (including phenoxy) is 3. The highest BCUT2D eigenvalue weighted by molar-refractivity contribution is 5.97. The predicted octanol–water partition coefficient (Wildman–Crippen LogP) is 6.39. The number of primary amides is 1. The van der Waals surface area contributed by atoms with Crippen LogP contribution in [0.2, 0.25) is 0 Å². The van der Waals surface area contributed by atoms with Gasteiger partial charge in [-0.2, -0.15) is 0 Å². The molecule has 1 unspecified atom stereocenters. The Morgan fingerprint density at radius 2 is 1.42 bits per heavy atom. The van der Waals surface area contributed by atoms with Crippen molar-refractivity contribution in [3.63, 3.8) is 0 Å². The Hall–Kier alpha value is -5.96. The van der Waals surface area contributed by atoms with Gasteiger partial charge in [0.15, 0.2) is 17.3 Å².